The highest BCUT2D eigenvalue weighted by Crippen LogP contribution is 2.41. The van der Waals surface area contributed by atoms with Crippen molar-refractivity contribution in [2.75, 3.05) is 0 Å². The Morgan fingerprint density at radius 2 is 0.818 bits per heavy atom. The Morgan fingerprint density at radius 3 is 1.47 bits per heavy atom. The van der Waals surface area contributed by atoms with Crippen LogP contribution in [-0.4, -0.2) is 28.7 Å². The molecule has 0 atom stereocenters. The van der Waals surface area contributed by atoms with Gasteiger partial charge in [0.1, 0.15) is 0 Å². The lowest BCUT2D eigenvalue weighted by Crippen LogP contribution is -2.01. The van der Waals surface area contributed by atoms with Gasteiger partial charge in [0.2, 0.25) is 0 Å². The number of aromatic nitrogens is 6. The van der Waals surface area contributed by atoms with Crippen LogP contribution in [0.3, 0.4) is 0 Å². The second-order valence-electron chi connectivity index (χ2n) is 17.0. The number of rotatable bonds is 7. The summed E-state index contributed by atoms with van der Waals surface area (Å²) in [7, 11) is 0. The van der Waals surface area contributed by atoms with Crippen molar-refractivity contribution in [1.29, 1.82) is 0 Å². The zero-order valence-corrected chi connectivity index (χ0v) is 36.0. The van der Waals surface area contributed by atoms with Gasteiger partial charge >= 0.3 is 0 Å². The van der Waals surface area contributed by atoms with Crippen LogP contribution in [0.4, 0.5) is 0 Å². The van der Waals surface area contributed by atoms with Crippen molar-refractivity contribution in [3.05, 3.63) is 230 Å². The molecule has 0 radical (unpaired) electrons. The van der Waals surface area contributed by atoms with Gasteiger partial charge < -0.3 is 13.7 Å². The number of benzene rings is 9. The molecule has 0 N–H and O–H groups in total. The molecule has 0 aliphatic rings. The van der Waals surface area contributed by atoms with Crippen LogP contribution in [0.25, 0.3) is 117 Å². The zero-order valence-electron chi connectivity index (χ0n) is 36.0. The summed E-state index contributed by atoms with van der Waals surface area (Å²) in [6, 6.07) is 77.7. The van der Waals surface area contributed by atoms with Gasteiger partial charge in [-0.3, -0.25) is 0 Å². The second kappa shape index (κ2) is 15.1. The number of para-hydroxylation sites is 3. The molecule has 0 aliphatic heterocycles. The Morgan fingerprint density at radius 1 is 0.303 bits per heavy atom. The van der Waals surface area contributed by atoms with Gasteiger partial charge in [-0.1, -0.05) is 133 Å². The summed E-state index contributed by atoms with van der Waals surface area (Å²) in [5.74, 6) is 1.92. The van der Waals surface area contributed by atoms with Gasteiger partial charge in [0.25, 0.3) is 0 Å². The minimum Gasteiger partial charge on any atom is -0.316 e. The highest BCUT2D eigenvalue weighted by molar-refractivity contribution is 6.19. The molecule has 66 heavy (non-hydrogen) atoms. The molecule has 0 unspecified atom stereocenters. The van der Waals surface area contributed by atoms with Gasteiger partial charge in [-0.15, -0.1) is 0 Å². The van der Waals surface area contributed by atoms with Crippen LogP contribution >= 0.6 is 0 Å². The maximum Gasteiger partial charge on any atom is 0.164 e. The van der Waals surface area contributed by atoms with E-state index in [4.69, 9.17) is 15.0 Å². The fraction of sp³-hybridized carbons (Fsp3) is 0.0167. The van der Waals surface area contributed by atoms with Crippen LogP contribution in [0.2, 0.25) is 0 Å². The van der Waals surface area contributed by atoms with E-state index in [-0.39, 0.29) is 0 Å². The number of nitrogens with zero attached hydrogens (tertiary/aromatic N) is 6. The van der Waals surface area contributed by atoms with Crippen molar-refractivity contribution in [1.82, 2.24) is 28.7 Å². The predicted octanol–water partition coefficient (Wildman–Crippen LogP) is 15.0. The summed E-state index contributed by atoms with van der Waals surface area (Å²) in [5, 5.41) is 6.06. The van der Waals surface area contributed by atoms with E-state index in [1.165, 1.54) is 54.6 Å². The maximum absolute atomic E-state index is 5.09. The molecule has 13 rings (SSSR count). The molecular formula is C60H40N6. The monoisotopic (exact) mass is 844 g/mol. The molecule has 0 bridgehead atoms. The lowest BCUT2D eigenvalue weighted by atomic mass is 10.0. The van der Waals surface area contributed by atoms with Crippen LogP contribution in [0, 0.1) is 6.92 Å². The molecule has 0 spiro atoms. The fourth-order valence-corrected chi connectivity index (χ4v) is 9.95. The minimum atomic E-state index is 0.634. The van der Waals surface area contributed by atoms with Gasteiger partial charge in [0, 0.05) is 66.9 Å². The summed E-state index contributed by atoms with van der Waals surface area (Å²) in [4.78, 5) is 15.1. The van der Waals surface area contributed by atoms with Crippen molar-refractivity contribution in [3.8, 4) is 62.4 Å². The smallest absolute Gasteiger partial charge is 0.164 e. The summed E-state index contributed by atoms with van der Waals surface area (Å²) in [5.41, 5.74) is 15.5. The Bertz CT molecular complexity index is 3920. The first-order chi connectivity index (χ1) is 32.6. The van der Waals surface area contributed by atoms with E-state index >= 15 is 0 Å². The SMILES string of the molecule is Cc1cc(-c2nc(-c3ccccc3)nc(-c3ccccc3)n2)cc(-n2c3ccccc3c3cc(-c4ccc5c(c4)c4ccc6c(ccn6-c6ccccc6)c4n5-c4ccccc4)ccc32)c1. The number of hydrogen-bond acceptors (Lipinski definition) is 3. The molecule has 4 aromatic heterocycles. The van der Waals surface area contributed by atoms with Crippen molar-refractivity contribution < 1.29 is 0 Å². The van der Waals surface area contributed by atoms with Crippen LogP contribution in [0.15, 0.2) is 225 Å². The highest BCUT2D eigenvalue weighted by Gasteiger charge is 2.20. The van der Waals surface area contributed by atoms with Gasteiger partial charge in [0.15, 0.2) is 17.5 Å². The van der Waals surface area contributed by atoms with Crippen molar-refractivity contribution in [2.24, 2.45) is 0 Å². The second-order valence-corrected chi connectivity index (χ2v) is 17.0. The average Bonchev–Trinajstić information content (AvgIpc) is 4.07. The Balaban J connectivity index is 0.960. The predicted molar refractivity (Wildman–Crippen MR) is 272 cm³/mol. The Kier molecular flexibility index (Phi) is 8.64. The van der Waals surface area contributed by atoms with E-state index in [1.807, 2.05) is 60.7 Å². The normalized spacial score (nSPS) is 11.7. The number of hydrogen-bond donors (Lipinski definition) is 0. The van der Waals surface area contributed by atoms with Gasteiger partial charge in [-0.25, -0.2) is 15.0 Å². The summed E-state index contributed by atoms with van der Waals surface area (Å²) in [6.45, 7) is 2.14. The lowest BCUT2D eigenvalue weighted by Gasteiger charge is -2.13. The molecule has 0 saturated carbocycles. The molecule has 0 fully saturated rings. The Labute approximate surface area is 381 Å². The number of aryl methyl sites for hydroxylation is 1. The molecule has 9 aromatic carbocycles. The summed E-state index contributed by atoms with van der Waals surface area (Å²) < 4.78 is 7.10. The maximum atomic E-state index is 5.09. The van der Waals surface area contributed by atoms with Gasteiger partial charge in [0.05, 0.1) is 27.6 Å². The van der Waals surface area contributed by atoms with Crippen LogP contribution in [-0.2, 0) is 0 Å². The zero-order chi connectivity index (χ0) is 43.7. The standard InChI is InChI=1S/C60H40N6/c1-39-34-44(60-62-58(40-16-6-2-7-17-40)61-59(63-60)41-18-8-3-9-19-41)36-47(35-39)65-54-25-15-14-24-48(54)51-37-42(26-29-55(51)65)43-27-30-56-52(38-43)49-28-31-53-50(32-33-64(53)45-20-10-4-11-21-45)57(49)66(56)46-22-12-5-13-23-46/h2-38H,1H3. The molecular weight excluding hydrogens is 805 g/mol. The fourth-order valence-electron chi connectivity index (χ4n) is 9.95. The quantitative estimate of drug-likeness (QED) is 0.161. The largest absolute Gasteiger partial charge is 0.316 e. The average molecular weight is 845 g/mol. The lowest BCUT2D eigenvalue weighted by molar-refractivity contribution is 1.07. The van der Waals surface area contributed by atoms with Crippen molar-refractivity contribution in [3.63, 3.8) is 0 Å². The third kappa shape index (κ3) is 6.15. The molecule has 6 heteroatoms. The third-order valence-electron chi connectivity index (χ3n) is 12.9. The van der Waals surface area contributed by atoms with E-state index in [1.54, 1.807) is 0 Å². The van der Waals surface area contributed by atoms with Crippen LogP contribution < -0.4 is 0 Å². The van der Waals surface area contributed by atoms with E-state index in [9.17, 15) is 0 Å². The van der Waals surface area contributed by atoms with E-state index in [2.05, 4.69) is 185 Å². The molecule has 0 aliphatic carbocycles. The van der Waals surface area contributed by atoms with E-state index in [0.29, 0.717) is 17.5 Å². The molecule has 6 nitrogen and oxygen atoms in total. The van der Waals surface area contributed by atoms with Gasteiger partial charge in [-0.05, 0) is 109 Å². The summed E-state index contributed by atoms with van der Waals surface area (Å²) in [6.07, 6.45) is 2.19. The number of fused-ring (bicyclic) bond motifs is 8. The first-order valence-corrected chi connectivity index (χ1v) is 22.3. The molecule has 4 heterocycles. The molecule has 0 saturated heterocycles. The summed E-state index contributed by atoms with van der Waals surface area (Å²) >= 11 is 0. The topological polar surface area (TPSA) is 53.5 Å². The van der Waals surface area contributed by atoms with Crippen LogP contribution in [0.1, 0.15) is 5.56 Å². The van der Waals surface area contributed by atoms with E-state index < -0.39 is 0 Å². The molecule has 0 amide bonds. The first kappa shape index (κ1) is 37.7. The van der Waals surface area contributed by atoms with Crippen LogP contribution in [0.5, 0.6) is 0 Å². The Hall–Kier alpha value is -8.87. The molecule has 13 aromatic rings. The van der Waals surface area contributed by atoms with Crippen molar-refractivity contribution >= 4 is 54.5 Å². The molecule has 310 valence electrons. The minimum absolute atomic E-state index is 0.634. The van der Waals surface area contributed by atoms with Gasteiger partial charge in [-0.2, -0.15) is 0 Å². The van der Waals surface area contributed by atoms with Crippen molar-refractivity contribution in [2.45, 2.75) is 6.92 Å². The third-order valence-corrected chi connectivity index (χ3v) is 12.9. The highest BCUT2D eigenvalue weighted by atomic mass is 15.0. The first-order valence-electron chi connectivity index (χ1n) is 22.3. The van der Waals surface area contributed by atoms with E-state index in [0.717, 1.165) is 50.3 Å².